The van der Waals surface area contributed by atoms with Crippen molar-refractivity contribution in [2.45, 2.75) is 26.3 Å². The van der Waals surface area contributed by atoms with Gasteiger partial charge in [0.15, 0.2) is 11.6 Å². The van der Waals surface area contributed by atoms with Gasteiger partial charge in [0.1, 0.15) is 0 Å². The normalized spacial score (nSPS) is 18.7. The van der Waals surface area contributed by atoms with Crippen LogP contribution < -0.4 is 10.1 Å². The van der Waals surface area contributed by atoms with Crippen LogP contribution in [0.25, 0.3) is 0 Å². The number of nitrogens with one attached hydrogen (secondary N) is 1. The molecule has 1 unspecified atom stereocenters. The van der Waals surface area contributed by atoms with E-state index >= 15 is 0 Å². The van der Waals surface area contributed by atoms with E-state index in [2.05, 4.69) is 12.2 Å². The van der Waals surface area contributed by atoms with E-state index in [1.807, 2.05) is 6.07 Å². The topological polar surface area (TPSA) is 30.5 Å². The molecule has 0 spiro atoms. The minimum Gasteiger partial charge on any atom is -0.490 e. The molecule has 0 aliphatic carbocycles. The number of ether oxygens (including phenoxy) is 2. The number of rotatable bonds is 7. The summed E-state index contributed by atoms with van der Waals surface area (Å²) in [6.07, 6.45) is 2.08. The fraction of sp³-hybridized carbons (Fsp3) is 0.600. The van der Waals surface area contributed by atoms with Gasteiger partial charge in [-0.15, -0.1) is 0 Å². The zero-order valence-corrected chi connectivity index (χ0v) is 11.5. The first kappa shape index (κ1) is 14.3. The second-order valence-corrected chi connectivity index (χ2v) is 4.98. The van der Waals surface area contributed by atoms with E-state index in [0.717, 1.165) is 38.2 Å². The molecule has 19 heavy (non-hydrogen) atoms. The largest absolute Gasteiger partial charge is 0.490 e. The van der Waals surface area contributed by atoms with Gasteiger partial charge in [-0.2, -0.15) is 0 Å². The van der Waals surface area contributed by atoms with E-state index in [0.29, 0.717) is 24.8 Å². The first-order chi connectivity index (χ1) is 9.29. The Morgan fingerprint density at radius 3 is 3.05 bits per heavy atom. The molecule has 0 radical (unpaired) electrons. The van der Waals surface area contributed by atoms with Crippen LogP contribution in [0, 0.1) is 11.7 Å². The standard InChI is InChI=1S/C15H22FNO2/c1-2-6-17-9-12-3-4-15(14(16)8-12)19-11-13-5-7-18-10-13/h3-4,8,13,17H,2,5-7,9-11H2,1H3. The predicted octanol–water partition coefficient (Wildman–Crippen LogP) is 2.74. The third-order valence-corrected chi connectivity index (χ3v) is 3.25. The van der Waals surface area contributed by atoms with Gasteiger partial charge < -0.3 is 14.8 Å². The SMILES string of the molecule is CCCNCc1ccc(OCC2CCOC2)c(F)c1. The Kier molecular flexibility index (Phi) is 5.61. The molecular weight excluding hydrogens is 245 g/mol. The average molecular weight is 267 g/mol. The molecule has 4 heteroatoms. The third-order valence-electron chi connectivity index (χ3n) is 3.25. The van der Waals surface area contributed by atoms with Crippen LogP contribution in [-0.2, 0) is 11.3 Å². The van der Waals surface area contributed by atoms with Gasteiger partial charge in [0.25, 0.3) is 0 Å². The zero-order valence-electron chi connectivity index (χ0n) is 11.5. The number of hydrogen-bond acceptors (Lipinski definition) is 3. The minimum absolute atomic E-state index is 0.283. The molecule has 0 amide bonds. The summed E-state index contributed by atoms with van der Waals surface area (Å²) < 4.78 is 24.6. The van der Waals surface area contributed by atoms with Crippen molar-refractivity contribution in [3.63, 3.8) is 0 Å². The molecule has 0 aromatic heterocycles. The van der Waals surface area contributed by atoms with Gasteiger partial charge in [0.2, 0.25) is 0 Å². The van der Waals surface area contributed by atoms with Gasteiger partial charge in [-0.05, 0) is 37.1 Å². The maximum absolute atomic E-state index is 13.8. The first-order valence-electron chi connectivity index (χ1n) is 6.99. The summed E-state index contributed by atoms with van der Waals surface area (Å²) >= 11 is 0. The zero-order chi connectivity index (χ0) is 13.5. The summed E-state index contributed by atoms with van der Waals surface area (Å²) in [7, 11) is 0. The van der Waals surface area contributed by atoms with Gasteiger partial charge >= 0.3 is 0 Å². The van der Waals surface area contributed by atoms with E-state index in [1.165, 1.54) is 0 Å². The fourth-order valence-corrected chi connectivity index (χ4v) is 2.10. The van der Waals surface area contributed by atoms with Crippen molar-refractivity contribution >= 4 is 0 Å². The predicted molar refractivity (Wildman–Crippen MR) is 72.8 cm³/mol. The van der Waals surface area contributed by atoms with Crippen LogP contribution in [0.2, 0.25) is 0 Å². The molecule has 1 aliphatic rings. The lowest BCUT2D eigenvalue weighted by Gasteiger charge is -2.12. The van der Waals surface area contributed by atoms with Gasteiger partial charge in [-0.1, -0.05) is 13.0 Å². The fourth-order valence-electron chi connectivity index (χ4n) is 2.10. The summed E-state index contributed by atoms with van der Waals surface area (Å²) in [5, 5.41) is 3.25. The first-order valence-corrected chi connectivity index (χ1v) is 6.99. The lowest BCUT2D eigenvalue weighted by molar-refractivity contribution is 0.165. The van der Waals surface area contributed by atoms with Crippen molar-refractivity contribution in [2.75, 3.05) is 26.4 Å². The van der Waals surface area contributed by atoms with Crippen LogP contribution in [0.3, 0.4) is 0 Å². The average Bonchev–Trinajstić information content (AvgIpc) is 2.91. The number of benzene rings is 1. The molecule has 1 N–H and O–H groups in total. The van der Waals surface area contributed by atoms with Crippen molar-refractivity contribution in [1.82, 2.24) is 5.32 Å². The number of hydrogen-bond donors (Lipinski definition) is 1. The molecule has 1 atom stereocenters. The van der Waals surface area contributed by atoms with Crippen LogP contribution in [0.15, 0.2) is 18.2 Å². The van der Waals surface area contributed by atoms with E-state index in [-0.39, 0.29) is 5.82 Å². The molecule has 0 saturated carbocycles. The van der Waals surface area contributed by atoms with Crippen LogP contribution in [0.5, 0.6) is 5.75 Å². The molecular formula is C15H22FNO2. The highest BCUT2D eigenvalue weighted by Gasteiger charge is 2.17. The molecule has 3 nitrogen and oxygen atoms in total. The third kappa shape index (κ3) is 4.48. The molecule has 1 saturated heterocycles. The highest BCUT2D eigenvalue weighted by atomic mass is 19.1. The molecule has 106 valence electrons. The Morgan fingerprint density at radius 2 is 2.37 bits per heavy atom. The van der Waals surface area contributed by atoms with Crippen molar-refractivity contribution in [3.05, 3.63) is 29.6 Å². The van der Waals surface area contributed by atoms with Crippen molar-refractivity contribution in [2.24, 2.45) is 5.92 Å². The second-order valence-electron chi connectivity index (χ2n) is 4.98. The van der Waals surface area contributed by atoms with Crippen LogP contribution in [-0.4, -0.2) is 26.4 Å². The molecule has 1 aromatic carbocycles. The van der Waals surface area contributed by atoms with E-state index in [9.17, 15) is 4.39 Å². The maximum atomic E-state index is 13.8. The summed E-state index contributed by atoms with van der Waals surface area (Å²) in [6.45, 7) is 5.80. The Balaban J connectivity index is 1.83. The maximum Gasteiger partial charge on any atom is 0.165 e. The van der Waals surface area contributed by atoms with Crippen LogP contribution in [0.4, 0.5) is 4.39 Å². The van der Waals surface area contributed by atoms with E-state index in [1.54, 1.807) is 12.1 Å². The minimum atomic E-state index is -0.283. The lowest BCUT2D eigenvalue weighted by atomic mass is 10.1. The summed E-state index contributed by atoms with van der Waals surface area (Å²) in [5.41, 5.74) is 0.947. The molecule has 1 fully saturated rings. The highest BCUT2D eigenvalue weighted by Crippen LogP contribution is 2.21. The van der Waals surface area contributed by atoms with Crippen molar-refractivity contribution in [3.8, 4) is 5.75 Å². The molecule has 1 aliphatic heterocycles. The molecule has 0 bridgehead atoms. The smallest absolute Gasteiger partial charge is 0.165 e. The summed E-state index contributed by atoms with van der Waals surface area (Å²) in [5.74, 6) is 0.450. The van der Waals surface area contributed by atoms with Gasteiger partial charge in [-0.3, -0.25) is 0 Å². The Labute approximate surface area is 114 Å². The monoisotopic (exact) mass is 267 g/mol. The summed E-state index contributed by atoms with van der Waals surface area (Å²) in [4.78, 5) is 0. The van der Waals surface area contributed by atoms with Crippen LogP contribution >= 0.6 is 0 Å². The van der Waals surface area contributed by atoms with Crippen molar-refractivity contribution in [1.29, 1.82) is 0 Å². The highest BCUT2D eigenvalue weighted by molar-refractivity contribution is 5.29. The van der Waals surface area contributed by atoms with Gasteiger partial charge in [-0.25, -0.2) is 4.39 Å². The Morgan fingerprint density at radius 1 is 1.47 bits per heavy atom. The molecule has 1 aromatic rings. The van der Waals surface area contributed by atoms with Gasteiger partial charge in [0.05, 0.1) is 13.2 Å². The molecule has 2 rings (SSSR count). The molecule has 1 heterocycles. The second kappa shape index (κ2) is 7.46. The quantitative estimate of drug-likeness (QED) is 0.771. The Bertz CT molecular complexity index is 392. The summed E-state index contributed by atoms with van der Waals surface area (Å²) in [6, 6.07) is 5.17. The van der Waals surface area contributed by atoms with E-state index < -0.39 is 0 Å². The number of halogens is 1. The lowest BCUT2D eigenvalue weighted by Crippen LogP contribution is -2.14. The van der Waals surface area contributed by atoms with E-state index in [4.69, 9.17) is 9.47 Å². The van der Waals surface area contributed by atoms with Crippen molar-refractivity contribution < 1.29 is 13.9 Å². The van der Waals surface area contributed by atoms with Gasteiger partial charge in [0, 0.05) is 19.1 Å². The van der Waals surface area contributed by atoms with Crippen LogP contribution in [0.1, 0.15) is 25.3 Å². The Hall–Kier alpha value is -1.13.